The number of carbonyl (C=O) groups excluding carboxylic acids is 1. The summed E-state index contributed by atoms with van der Waals surface area (Å²) in [5.41, 5.74) is 0.727. The van der Waals surface area contributed by atoms with E-state index in [9.17, 15) is 4.79 Å². The van der Waals surface area contributed by atoms with E-state index in [0.29, 0.717) is 6.61 Å². The van der Waals surface area contributed by atoms with Gasteiger partial charge < -0.3 is 9.74 Å². The second-order valence-electron chi connectivity index (χ2n) is 3.11. The van der Waals surface area contributed by atoms with Crippen molar-refractivity contribution in [3.05, 3.63) is 29.8 Å². The molecule has 0 aromatic heterocycles. The normalized spacial score (nSPS) is 10.4. The topological polar surface area (TPSA) is 38.3 Å². The standard InChI is InChI=1S/C11H16NO2Si/c1-4-14-15(3)10-8-6-5-7-9(10)11(13)12-2/h5-8H,4H2,1-3H3,(H,12,13). The number of rotatable bonds is 4. The highest BCUT2D eigenvalue weighted by Crippen LogP contribution is 1.99. The summed E-state index contributed by atoms with van der Waals surface area (Å²) < 4.78 is 5.59. The quantitative estimate of drug-likeness (QED) is 0.769. The van der Waals surface area contributed by atoms with Crippen molar-refractivity contribution < 1.29 is 9.22 Å². The summed E-state index contributed by atoms with van der Waals surface area (Å²) in [5, 5.41) is 3.67. The third-order valence-corrected chi connectivity index (χ3v) is 4.06. The highest BCUT2D eigenvalue weighted by atomic mass is 28.3. The zero-order valence-electron chi connectivity index (χ0n) is 9.33. The Morgan fingerprint density at radius 3 is 2.73 bits per heavy atom. The molecule has 1 radical (unpaired) electrons. The van der Waals surface area contributed by atoms with Crippen molar-refractivity contribution in [1.82, 2.24) is 5.32 Å². The monoisotopic (exact) mass is 222 g/mol. The molecule has 0 unspecified atom stereocenters. The summed E-state index contributed by atoms with van der Waals surface area (Å²) in [7, 11) is 0.578. The van der Waals surface area contributed by atoms with E-state index in [1.54, 1.807) is 7.05 Å². The van der Waals surface area contributed by atoms with E-state index in [-0.39, 0.29) is 5.91 Å². The van der Waals surface area contributed by atoms with Crippen LogP contribution in [0.3, 0.4) is 0 Å². The van der Waals surface area contributed by atoms with E-state index in [1.807, 2.05) is 31.2 Å². The van der Waals surface area contributed by atoms with Crippen molar-refractivity contribution in [3.63, 3.8) is 0 Å². The van der Waals surface area contributed by atoms with Gasteiger partial charge in [-0.25, -0.2) is 0 Å². The molecular formula is C11H16NO2Si. The van der Waals surface area contributed by atoms with Crippen LogP contribution >= 0.6 is 0 Å². The molecule has 0 bridgehead atoms. The smallest absolute Gasteiger partial charge is 0.250 e. The molecule has 0 aliphatic heterocycles. The lowest BCUT2D eigenvalue weighted by Gasteiger charge is -2.13. The first-order chi connectivity index (χ1) is 7.20. The number of nitrogens with one attached hydrogen (secondary N) is 1. The summed E-state index contributed by atoms with van der Waals surface area (Å²) >= 11 is 0. The van der Waals surface area contributed by atoms with E-state index in [1.165, 1.54) is 0 Å². The average molecular weight is 222 g/mol. The number of hydrogen-bond donors (Lipinski definition) is 1. The summed E-state index contributed by atoms with van der Waals surface area (Å²) in [6.45, 7) is 4.71. The molecule has 1 aromatic carbocycles. The highest BCUT2D eigenvalue weighted by Gasteiger charge is 2.16. The first-order valence-electron chi connectivity index (χ1n) is 4.98. The molecule has 0 fully saturated rings. The van der Waals surface area contributed by atoms with Crippen molar-refractivity contribution >= 4 is 20.1 Å². The Kier molecular flexibility index (Phi) is 4.52. The van der Waals surface area contributed by atoms with Crippen molar-refractivity contribution in [2.75, 3.05) is 13.7 Å². The first kappa shape index (κ1) is 11.9. The fourth-order valence-corrected chi connectivity index (χ4v) is 2.91. The van der Waals surface area contributed by atoms with Gasteiger partial charge in [0.15, 0.2) is 0 Å². The van der Waals surface area contributed by atoms with Gasteiger partial charge in [-0.1, -0.05) is 18.2 Å². The highest BCUT2D eigenvalue weighted by molar-refractivity contribution is 6.67. The lowest BCUT2D eigenvalue weighted by molar-refractivity contribution is 0.0964. The Balaban J connectivity index is 3.00. The summed E-state index contributed by atoms with van der Waals surface area (Å²) in [4.78, 5) is 11.6. The summed E-state index contributed by atoms with van der Waals surface area (Å²) in [6.07, 6.45) is 0. The summed E-state index contributed by atoms with van der Waals surface area (Å²) in [5.74, 6) is -0.0466. The van der Waals surface area contributed by atoms with E-state index in [0.717, 1.165) is 10.8 Å². The van der Waals surface area contributed by atoms with E-state index < -0.39 is 9.04 Å². The van der Waals surface area contributed by atoms with E-state index >= 15 is 0 Å². The van der Waals surface area contributed by atoms with Gasteiger partial charge in [-0.15, -0.1) is 0 Å². The van der Waals surface area contributed by atoms with Crippen LogP contribution in [0.2, 0.25) is 6.55 Å². The van der Waals surface area contributed by atoms with E-state index in [4.69, 9.17) is 4.43 Å². The Hall–Kier alpha value is -1.13. The van der Waals surface area contributed by atoms with Crippen LogP contribution in [-0.4, -0.2) is 28.6 Å². The Bertz CT molecular complexity index is 341. The average Bonchev–Trinajstić information content (AvgIpc) is 2.28. The van der Waals surface area contributed by atoms with Crippen molar-refractivity contribution in [2.24, 2.45) is 0 Å². The third-order valence-electron chi connectivity index (χ3n) is 2.14. The van der Waals surface area contributed by atoms with Crippen LogP contribution in [0.25, 0.3) is 0 Å². The third kappa shape index (κ3) is 2.91. The van der Waals surface area contributed by atoms with Gasteiger partial charge in [0.2, 0.25) is 9.04 Å². The molecule has 0 aliphatic carbocycles. The van der Waals surface area contributed by atoms with Crippen LogP contribution in [0.5, 0.6) is 0 Å². The van der Waals surface area contributed by atoms with Crippen LogP contribution in [-0.2, 0) is 4.43 Å². The molecule has 0 heterocycles. The Labute approximate surface area is 92.2 Å². The van der Waals surface area contributed by atoms with Gasteiger partial charge >= 0.3 is 0 Å². The maximum absolute atomic E-state index is 11.6. The number of benzene rings is 1. The molecular weight excluding hydrogens is 206 g/mol. The molecule has 4 heteroatoms. The van der Waals surface area contributed by atoms with Gasteiger partial charge in [0, 0.05) is 19.2 Å². The van der Waals surface area contributed by atoms with Crippen molar-refractivity contribution in [2.45, 2.75) is 13.5 Å². The second-order valence-corrected chi connectivity index (χ2v) is 5.05. The van der Waals surface area contributed by atoms with Gasteiger partial charge in [-0.3, -0.25) is 4.79 Å². The van der Waals surface area contributed by atoms with Gasteiger partial charge in [0.25, 0.3) is 5.91 Å². The molecule has 0 spiro atoms. The molecule has 0 saturated heterocycles. The Morgan fingerprint density at radius 1 is 1.47 bits per heavy atom. The minimum absolute atomic E-state index is 0.0466. The Morgan fingerprint density at radius 2 is 2.13 bits per heavy atom. The van der Waals surface area contributed by atoms with Crippen LogP contribution in [0.1, 0.15) is 17.3 Å². The van der Waals surface area contributed by atoms with Gasteiger partial charge in [-0.05, 0) is 24.7 Å². The zero-order chi connectivity index (χ0) is 11.3. The molecule has 0 atom stereocenters. The first-order valence-corrected chi connectivity index (χ1v) is 6.89. The maximum atomic E-state index is 11.6. The fraction of sp³-hybridized carbons (Fsp3) is 0.364. The second kappa shape index (κ2) is 5.68. The lowest BCUT2D eigenvalue weighted by Crippen LogP contribution is -2.37. The molecule has 1 N–H and O–H groups in total. The van der Waals surface area contributed by atoms with Crippen LogP contribution in [0.4, 0.5) is 0 Å². The number of hydrogen-bond acceptors (Lipinski definition) is 2. The molecule has 1 aromatic rings. The predicted molar refractivity (Wildman–Crippen MR) is 62.7 cm³/mol. The van der Waals surface area contributed by atoms with Crippen LogP contribution in [0, 0.1) is 0 Å². The minimum atomic E-state index is -1.06. The lowest BCUT2D eigenvalue weighted by atomic mass is 10.2. The van der Waals surface area contributed by atoms with Gasteiger partial charge in [-0.2, -0.15) is 0 Å². The van der Waals surface area contributed by atoms with Crippen LogP contribution < -0.4 is 10.5 Å². The summed E-state index contributed by atoms with van der Waals surface area (Å²) in [6, 6.07) is 7.61. The number of amides is 1. The predicted octanol–water partition coefficient (Wildman–Crippen LogP) is 0.911. The number of carbonyl (C=O) groups is 1. The molecule has 1 rings (SSSR count). The molecule has 0 saturated carbocycles. The zero-order valence-corrected chi connectivity index (χ0v) is 10.3. The molecule has 3 nitrogen and oxygen atoms in total. The van der Waals surface area contributed by atoms with E-state index in [2.05, 4.69) is 11.9 Å². The van der Waals surface area contributed by atoms with Crippen molar-refractivity contribution in [1.29, 1.82) is 0 Å². The SMILES string of the molecule is CCO[Si](C)c1ccccc1C(=O)NC. The fourth-order valence-electron chi connectivity index (χ4n) is 1.42. The molecule has 15 heavy (non-hydrogen) atoms. The molecule has 81 valence electrons. The van der Waals surface area contributed by atoms with Crippen molar-refractivity contribution in [3.8, 4) is 0 Å². The van der Waals surface area contributed by atoms with Gasteiger partial charge in [0.1, 0.15) is 0 Å². The maximum Gasteiger partial charge on any atom is 0.250 e. The molecule has 1 amide bonds. The van der Waals surface area contributed by atoms with Gasteiger partial charge in [0.05, 0.1) is 0 Å². The van der Waals surface area contributed by atoms with Crippen LogP contribution in [0.15, 0.2) is 24.3 Å². The largest absolute Gasteiger partial charge is 0.412 e. The minimum Gasteiger partial charge on any atom is -0.412 e. The molecule has 0 aliphatic rings.